The van der Waals surface area contributed by atoms with E-state index in [0.29, 0.717) is 6.54 Å². The van der Waals surface area contributed by atoms with Gasteiger partial charge in [-0.1, -0.05) is 31.0 Å². The first-order valence-corrected chi connectivity index (χ1v) is 7.11. The number of fused-ring (bicyclic) bond motifs is 1. The average Bonchev–Trinajstić information content (AvgIpc) is 2.88. The van der Waals surface area contributed by atoms with Gasteiger partial charge in [0.15, 0.2) is 0 Å². The van der Waals surface area contributed by atoms with Crippen LogP contribution in [0.2, 0.25) is 0 Å². The number of carbonyl (C=O) groups excluding carboxylic acids is 2. The first kappa shape index (κ1) is 13.0. The van der Waals surface area contributed by atoms with E-state index in [1.54, 1.807) is 0 Å². The number of urea groups is 1. The molecule has 106 valence electrons. The van der Waals surface area contributed by atoms with Gasteiger partial charge in [0, 0.05) is 5.69 Å². The number of nitrogens with one attached hydrogen (secondary N) is 1. The molecule has 3 amide bonds. The van der Waals surface area contributed by atoms with E-state index in [1.165, 1.54) is 4.90 Å². The molecule has 0 bridgehead atoms. The van der Waals surface area contributed by atoms with Crippen molar-refractivity contribution in [1.29, 1.82) is 0 Å². The van der Waals surface area contributed by atoms with Crippen molar-refractivity contribution in [2.24, 2.45) is 11.7 Å². The van der Waals surface area contributed by atoms with E-state index < -0.39 is 12.1 Å². The molecule has 3 N–H and O–H groups in total. The third-order valence-electron chi connectivity index (χ3n) is 4.35. The molecule has 1 heterocycles. The molecule has 0 spiro atoms. The summed E-state index contributed by atoms with van der Waals surface area (Å²) in [6.07, 6.45) is 4.21. The van der Waals surface area contributed by atoms with Crippen LogP contribution in [-0.4, -0.2) is 22.9 Å². The van der Waals surface area contributed by atoms with Crippen molar-refractivity contribution in [1.82, 2.24) is 4.90 Å². The highest BCUT2D eigenvalue weighted by Crippen LogP contribution is 2.34. The molecule has 1 aromatic rings. The van der Waals surface area contributed by atoms with Crippen molar-refractivity contribution in [2.45, 2.75) is 38.3 Å². The lowest BCUT2D eigenvalue weighted by molar-refractivity contribution is -0.122. The number of carbonyl (C=O) groups is 2. The minimum Gasteiger partial charge on any atom is -0.351 e. The summed E-state index contributed by atoms with van der Waals surface area (Å²) < 4.78 is 0. The Morgan fingerprint density at radius 1 is 1.25 bits per heavy atom. The summed E-state index contributed by atoms with van der Waals surface area (Å²) in [5.41, 5.74) is 7.23. The van der Waals surface area contributed by atoms with Crippen molar-refractivity contribution < 1.29 is 9.59 Å². The average molecular weight is 273 g/mol. The molecule has 1 aliphatic carbocycles. The van der Waals surface area contributed by atoms with Gasteiger partial charge in [0.05, 0.1) is 6.54 Å². The van der Waals surface area contributed by atoms with E-state index in [4.69, 9.17) is 5.73 Å². The number of primary amides is 1. The van der Waals surface area contributed by atoms with Gasteiger partial charge in [-0.2, -0.15) is 0 Å². The second kappa shape index (κ2) is 5.15. The van der Waals surface area contributed by atoms with Crippen LogP contribution in [-0.2, 0) is 11.3 Å². The van der Waals surface area contributed by atoms with Crippen LogP contribution in [0, 0.1) is 5.92 Å². The first-order chi connectivity index (χ1) is 9.66. The van der Waals surface area contributed by atoms with Gasteiger partial charge in [0.25, 0.3) is 0 Å². The summed E-state index contributed by atoms with van der Waals surface area (Å²) in [4.78, 5) is 25.8. The predicted molar refractivity (Wildman–Crippen MR) is 75.9 cm³/mol. The maximum absolute atomic E-state index is 12.5. The van der Waals surface area contributed by atoms with E-state index in [0.717, 1.165) is 36.9 Å². The molecular formula is C15H19N3O2. The first-order valence-electron chi connectivity index (χ1n) is 7.11. The fraction of sp³-hybridized carbons (Fsp3) is 0.467. The van der Waals surface area contributed by atoms with Gasteiger partial charge in [-0.15, -0.1) is 0 Å². The highest BCUT2D eigenvalue weighted by molar-refractivity contribution is 5.98. The van der Waals surface area contributed by atoms with Gasteiger partial charge in [-0.3, -0.25) is 4.79 Å². The van der Waals surface area contributed by atoms with Crippen molar-refractivity contribution in [3.05, 3.63) is 29.8 Å². The largest absolute Gasteiger partial charge is 0.351 e. The van der Waals surface area contributed by atoms with Crippen molar-refractivity contribution in [2.75, 3.05) is 5.32 Å². The summed E-state index contributed by atoms with van der Waals surface area (Å²) in [5.74, 6) is 0.109. The van der Waals surface area contributed by atoms with Crippen LogP contribution in [0.1, 0.15) is 31.2 Å². The van der Waals surface area contributed by atoms with Crippen molar-refractivity contribution in [3.63, 3.8) is 0 Å². The Balaban J connectivity index is 1.97. The number of amides is 3. The topological polar surface area (TPSA) is 75.4 Å². The lowest BCUT2D eigenvalue weighted by Gasteiger charge is -2.31. The Bertz CT molecular complexity index is 538. The molecule has 2 aliphatic rings. The van der Waals surface area contributed by atoms with Crippen LogP contribution in [0.25, 0.3) is 0 Å². The third kappa shape index (κ3) is 2.24. The van der Waals surface area contributed by atoms with E-state index in [9.17, 15) is 9.59 Å². The highest BCUT2D eigenvalue weighted by Gasteiger charge is 2.39. The summed E-state index contributed by atoms with van der Waals surface area (Å²) in [5, 5.41) is 2.95. The molecule has 0 radical (unpaired) electrons. The summed E-state index contributed by atoms with van der Waals surface area (Å²) >= 11 is 0. The number of para-hydroxylation sites is 1. The zero-order chi connectivity index (χ0) is 14.1. The third-order valence-corrected chi connectivity index (χ3v) is 4.35. The van der Waals surface area contributed by atoms with Gasteiger partial charge in [0.2, 0.25) is 5.91 Å². The molecule has 0 saturated heterocycles. The Morgan fingerprint density at radius 2 is 1.95 bits per heavy atom. The molecule has 20 heavy (non-hydrogen) atoms. The second-order valence-corrected chi connectivity index (χ2v) is 5.60. The molecule has 1 aliphatic heterocycles. The maximum Gasteiger partial charge on any atom is 0.315 e. The number of hydrogen-bond acceptors (Lipinski definition) is 2. The lowest BCUT2D eigenvalue weighted by Crippen LogP contribution is -2.51. The minimum atomic E-state index is -0.520. The number of hydrogen-bond donors (Lipinski definition) is 2. The zero-order valence-corrected chi connectivity index (χ0v) is 11.3. The zero-order valence-electron chi connectivity index (χ0n) is 11.3. The molecule has 0 unspecified atom stereocenters. The van der Waals surface area contributed by atoms with E-state index in [2.05, 4.69) is 5.32 Å². The fourth-order valence-electron chi connectivity index (χ4n) is 3.37. The van der Waals surface area contributed by atoms with Crippen LogP contribution >= 0.6 is 0 Å². The molecule has 1 atom stereocenters. The summed E-state index contributed by atoms with van der Waals surface area (Å²) in [7, 11) is 0. The van der Waals surface area contributed by atoms with Gasteiger partial charge < -0.3 is 16.0 Å². The van der Waals surface area contributed by atoms with Crippen LogP contribution in [0.5, 0.6) is 0 Å². The predicted octanol–water partition coefficient (Wildman–Crippen LogP) is 2.08. The number of rotatable bonds is 1. The Morgan fingerprint density at radius 3 is 2.65 bits per heavy atom. The molecule has 5 heteroatoms. The molecule has 1 fully saturated rings. The SMILES string of the molecule is NC(=O)N1Cc2ccccc2NC(=O)[C@@H]1C1CCCC1. The number of nitrogens with zero attached hydrogens (tertiary/aromatic N) is 1. The Hall–Kier alpha value is -2.04. The quantitative estimate of drug-likeness (QED) is 0.822. The minimum absolute atomic E-state index is 0.111. The highest BCUT2D eigenvalue weighted by atomic mass is 16.2. The normalized spacial score (nSPS) is 23.1. The number of benzene rings is 1. The molecular weight excluding hydrogens is 254 g/mol. The Kier molecular flexibility index (Phi) is 3.34. The van der Waals surface area contributed by atoms with E-state index in [1.807, 2.05) is 24.3 Å². The van der Waals surface area contributed by atoms with Gasteiger partial charge in [-0.25, -0.2) is 4.79 Å². The molecule has 3 rings (SSSR count). The van der Waals surface area contributed by atoms with Crippen LogP contribution in [0.3, 0.4) is 0 Å². The van der Waals surface area contributed by atoms with Crippen LogP contribution < -0.4 is 11.1 Å². The van der Waals surface area contributed by atoms with Crippen molar-refractivity contribution >= 4 is 17.6 Å². The van der Waals surface area contributed by atoms with E-state index in [-0.39, 0.29) is 11.8 Å². The van der Waals surface area contributed by atoms with Crippen molar-refractivity contribution in [3.8, 4) is 0 Å². The lowest BCUT2D eigenvalue weighted by atomic mass is 9.96. The molecule has 1 aromatic carbocycles. The number of nitrogens with two attached hydrogens (primary N) is 1. The second-order valence-electron chi connectivity index (χ2n) is 5.60. The number of anilines is 1. The maximum atomic E-state index is 12.5. The van der Waals surface area contributed by atoms with Crippen LogP contribution in [0.15, 0.2) is 24.3 Å². The monoisotopic (exact) mass is 273 g/mol. The smallest absolute Gasteiger partial charge is 0.315 e. The summed E-state index contributed by atoms with van der Waals surface area (Å²) in [6, 6.07) is 6.60. The van der Waals surface area contributed by atoms with Gasteiger partial charge in [-0.05, 0) is 30.4 Å². The van der Waals surface area contributed by atoms with E-state index >= 15 is 0 Å². The molecule has 5 nitrogen and oxygen atoms in total. The van der Waals surface area contributed by atoms with Gasteiger partial charge >= 0.3 is 6.03 Å². The Labute approximate surface area is 118 Å². The summed E-state index contributed by atoms with van der Waals surface area (Å²) in [6.45, 7) is 0.394. The van der Waals surface area contributed by atoms with Gasteiger partial charge in [0.1, 0.15) is 6.04 Å². The van der Waals surface area contributed by atoms with Crippen LogP contribution in [0.4, 0.5) is 10.5 Å². The standard InChI is InChI=1S/C15H19N3O2/c16-15(20)18-9-11-7-3-4-8-12(11)17-14(19)13(18)10-5-1-2-6-10/h3-4,7-8,10,13H,1-2,5-6,9H2,(H2,16,20)(H,17,19)/t13-/m0/s1. The molecule has 0 aromatic heterocycles. The fourth-order valence-corrected chi connectivity index (χ4v) is 3.37. The molecule has 1 saturated carbocycles.